The summed E-state index contributed by atoms with van der Waals surface area (Å²) in [5.41, 5.74) is -0.263. The highest BCUT2D eigenvalue weighted by Gasteiger charge is 2.15. The first kappa shape index (κ1) is 13.7. The van der Waals surface area contributed by atoms with Gasteiger partial charge in [0.05, 0.1) is 18.1 Å². The first-order valence-electron chi connectivity index (χ1n) is 4.90. The van der Waals surface area contributed by atoms with E-state index in [9.17, 15) is 14.5 Å². The molecule has 5 nitrogen and oxygen atoms in total. The quantitative estimate of drug-likeness (QED) is 0.353. The van der Waals surface area contributed by atoms with Gasteiger partial charge >= 0.3 is 5.69 Å². The maximum Gasteiger partial charge on any atom is 0.311 e. The second-order valence-corrected chi connectivity index (χ2v) is 3.50. The van der Waals surface area contributed by atoms with Gasteiger partial charge in [0, 0.05) is 17.9 Å². The summed E-state index contributed by atoms with van der Waals surface area (Å²) in [7, 11) is 0. The summed E-state index contributed by atoms with van der Waals surface area (Å²) in [6, 6.07) is 3.07. The highest BCUT2D eigenvalue weighted by molar-refractivity contribution is 7.80. The summed E-state index contributed by atoms with van der Waals surface area (Å²) in [6.07, 6.45) is 0. The number of hydrogen-bond donors (Lipinski definition) is 1. The lowest BCUT2D eigenvalue weighted by Gasteiger charge is -2.07. The van der Waals surface area contributed by atoms with Gasteiger partial charge in [-0.15, -0.1) is 0 Å². The van der Waals surface area contributed by atoms with Crippen LogP contribution in [0, 0.1) is 15.9 Å². The van der Waals surface area contributed by atoms with Crippen LogP contribution in [-0.2, 0) is 4.74 Å². The highest BCUT2D eigenvalue weighted by atomic mass is 32.1. The second kappa shape index (κ2) is 7.08. The van der Waals surface area contributed by atoms with Crippen LogP contribution in [0.15, 0.2) is 18.2 Å². The van der Waals surface area contributed by atoms with Crippen molar-refractivity contribution in [2.45, 2.75) is 0 Å². The SMILES string of the molecule is O=[N+]([O-])c1ccc(F)cc1OCCOCCS. The van der Waals surface area contributed by atoms with E-state index in [0.29, 0.717) is 12.4 Å². The molecular weight excluding hydrogens is 249 g/mol. The summed E-state index contributed by atoms with van der Waals surface area (Å²) >= 11 is 3.94. The molecule has 94 valence electrons. The van der Waals surface area contributed by atoms with Crippen molar-refractivity contribution in [2.75, 3.05) is 25.6 Å². The van der Waals surface area contributed by atoms with Crippen LogP contribution >= 0.6 is 12.6 Å². The topological polar surface area (TPSA) is 61.6 Å². The zero-order chi connectivity index (χ0) is 12.7. The predicted molar refractivity (Wildman–Crippen MR) is 63.2 cm³/mol. The molecule has 1 aromatic carbocycles. The molecule has 0 spiro atoms. The minimum Gasteiger partial charge on any atom is -0.484 e. The van der Waals surface area contributed by atoms with E-state index < -0.39 is 10.7 Å². The number of nitro benzene ring substituents is 1. The molecule has 0 bridgehead atoms. The molecule has 0 fully saturated rings. The third kappa shape index (κ3) is 4.58. The van der Waals surface area contributed by atoms with Gasteiger partial charge in [-0.1, -0.05) is 0 Å². The molecule has 1 rings (SSSR count). The van der Waals surface area contributed by atoms with Gasteiger partial charge in [-0.25, -0.2) is 4.39 Å². The number of nitro groups is 1. The molecule has 0 heterocycles. The van der Waals surface area contributed by atoms with Gasteiger partial charge in [-0.2, -0.15) is 12.6 Å². The Hall–Kier alpha value is -1.34. The van der Waals surface area contributed by atoms with Crippen molar-refractivity contribution >= 4 is 18.3 Å². The fourth-order valence-corrected chi connectivity index (χ4v) is 1.26. The lowest BCUT2D eigenvalue weighted by Crippen LogP contribution is -2.09. The Morgan fingerprint density at radius 2 is 2.12 bits per heavy atom. The van der Waals surface area contributed by atoms with E-state index in [1.165, 1.54) is 0 Å². The van der Waals surface area contributed by atoms with Crippen molar-refractivity contribution in [1.29, 1.82) is 0 Å². The monoisotopic (exact) mass is 261 g/mol. The molecule has 7 heteroatoms. The number of thiol groups is 1. The molecule has 0 aliphatic carbocycles. The first-order chi connectivity index (χ1) is 8.15. The second-order valence-electron chi connectivity index (χ2n) is 3.05. The molecular formula is C10H12FNO4S. The first-order valence-corrected chi connectivity index (χ1v) is 5.53. The molecule has 0 amide bonds. The van der Waals surface area contributed by atoms with Gasteiger partial charge in [0.2, 0.25) is 0 Å². The van der Waals surface area contributed by atoms with Crippen molar-refractivity contribution in [3.63, 3.8) is 0 Å². The van der Waals surface area contributed by atoms with E-state index in [0.717, 1.165) is 18.2 Å². The number of hydrogen-bond acceptors (Lipinski definition) is 5. The molecule has 0 unspecified atom stereocenters. The van der Waals surface area contributed by atoms with Crippen molar-refractivity contribution in [3.05, 3.63) is 34.1 Å². The molecule has 0 N–H and O–H groups in total. The van der Waals surface area contributed by atoms with Crippen LogP contribution in [0.3, 0.4) is 0 Å². The zero-order valence-corrected chi connectivity index (χ0v) is 9.86. The Bertz CT molecular complexity index is 389. The van der Waals surface area contributed by atoms with Crippen LogP contribution in [0.2, 0.25) is 0 Å². The molecule has 1 aromatic rings. The Morgan fingerprint density at radius 1 is 1.35 bits per heavy atom. The van der Waals surface area contributed by atoms with Crippen molar-refractivity contribution in [1.82, 2.24) is 0 Å². The van der Waals surface area contributed by atoms with Crippen LogP contribution in [0.25, 0.3) is 0 Å². The molecule has 0 radical (unpaired) electrons. The van der Waals surface area contributed by atoms with Gasteiger partial charge in [-0.05, 0) is 6.07 Å². The van der Waals surface area contributed by atoms with Gasteiger partial charge < -0.3 is 9.47 Å². The fraction of sp³-hybridized carbons (Fsp3) is 0.400. The van der Waals surface area contributed by atoms with Crippen LogP contribution < -0.4 is 4.74 Å². The third-order valence-electron chi connectivity index (χ3n) is 1.84. The van der Waals surface area contributed by atoms with Gasteiger partial charge in [-0.3, -0.25) is 10.1 Å². The fourth-order valence-electron chi connectivity index (χ4n) is 1.13. The molecule has 0 atom stereocenters. The van der Waals surface area contributed by atoms with E-state index in [1.807, 2.05) is 0 Å². The lowest BCUT2D eigenvalue weighted by molar-refractivity contribution is -0.385. The Balaban J connectivity index is 2.56. The molecule has 0 saturated heterocycles. The third-order valence-corrected chi connectivity index (χ3v) is 2.02. The molecule has 0 aliphatic heterocycles. The number of halogens is 1. The zero-order valence-electron chi connectivity index (χ0n) is 8.97. The number of nitrogens with zero attached hydrogens (tertiary/aromatic N) is 1. The summed E-state index contributed by atoms with van der Waals surface area (Å²) in [5, 5.41) is 10.6. The molecule has 0 saturated carbocycles. The molecule has 0 aromatic heterocycles. The van der Waals surface area contributed by atoms with Gasteiger partial charge in [0.25, 0.3) is 0 Å². The maximum atomic E-state index is 12.9. The highest BCUT2D eigenvalue weighted by Crippen LogP contribution is 2.27. The van der Waals surface area contributed by atoms with E-state index in [1.54, 1.807) is 0 Å². The van der Waals surface area contributed by atoms with Crippen molar-refractivity contribution < 1.29 is 18.8 Å². The smallest absolute Gasteiger partial charge is 0.311 e. The van der Waals surface area contributed by atoms with Gasteiger partial charge in [0.1, 0.15) is 12.4 Å². The largest absolute Gasteiger partial charge is 0.484 e. The van der Waals surface area contributed by atoms with E-state index in [-0.39, 0.29) is 24.7 Å². The van der Waals surface area contributed by atoms with Crippen LogP contribution in [0.4, 0.5) is 10.1 Å². The standard InChI is InChI=1S/C10H12FNO4S/c11-8-1-2-9(12(13)14)10(7-8)16-4-3-15-5-6-17/h1-2,7,17H,3-6H2. The summed E-state index contributed by atoms with van der Waals surface area (Å²) in [4.78, 5) is 10.0. The van der Waals surface area contributed by atoms with E-state index >= 15 is 0 Å². The molecule has 0 aliphatic rings. The van der Waals surface area contributed by atoms with Crippen molar-refractivity contribution in [3.8, 4) is 5.75 Å². The van der Waals surface area contributed by atoms with Gasteiger partial charge in [0.15, 0.2) is 5.75 Å². The Kier molecular flexibility index (Phi) is 5.71. The maximum absolute atomic E-state index is 12.9. The number of benzene rings is 1. The minimum atomic E-state index is -0.622. The summed E-state index contributed by atoms with van der Waals surface area (Å²) in [6.45, 7) is 0.865. The van der Waals surface area contributed by atoms with Crippen LogP contribution in [0.1, 0.15) is 0 Å². The summed E-state index contributed by atoms with van der Waals surface area (Å²) in [5.74, 6) is -0.0912. The number of rotatable bonds is 7. The van der Waals surface area contributed by atoms with E-state index in [4.69, 9.17) is 9.47 Å². The van der Waals surface area contributed by atoms with Crippen molar-refractivity contribution in [2.24, 2.45) is 0 Å². The average Bonchev–Trinajstić information content (AvgIpc) is 2.28. The van der Waals surface area contributed by atoms with E-state index in [2.05, 4.69) is 12.6 Å². The minimum absolute atomic E-state index is 0.0931. The average molecular weight is 261 g/mol. The Morgan fingerprint density at radius 3 is 2.76 bits per heavy atom. The molecule has 17 heavy (non-hydrogen) atoms. The predicted octanol–water partition coefficient (Wildman–Crippen LogP) is 2.06. The summed E-state index contributed by atoms with van der Waals surface area (Å²) < 4.78 is 23.1. The Labute approximate surface area is 103 Å². The normalized spacial score (nSPS) is 10.2. The lowest BCUT2D eigenvalue weighted by atomic mass is 10.3. The van der Waals surface area contributed by atoms with Crippen LogP contribution in [0.5, 0.6) is 5.75 Å². The number of ether oxygens (including phenoxy) is 2. The van der Waals surface area contributed by atoms with Crippen LogP contribution in [-0.4, -0.2) is 30.5 Å².